The largest absolute Gasteiger partial charge is 0.481 e. The van der Waals surface area contributed by atoms with Gasteiger partial charge < -0.3 is 10.0 Å². The number of carboxylic acid groups (broad SMARTS) is 1. The molecule has 1 rings (SSSR count). The zero-order valence-corrected chi connectivity index (χ0v) is 12.3. The zero-order valence-electron chi connectivity index (χ0n) is 12.3. The number of alkyl halides is 5. The topological polar surface area (TPSA) is 96.6 Å². The van der Waals surface area contributed by atoms with Gasteiger partial charge in [0.15, 0.2) is 0 Å². The molecule has 24 heavy (non-hydrogen) atoms. The summed E-state index contributed by atoms with van der Waals surface area (Å²) in [7, 11) is 1.14. The molecule has 0 aliphatic rings. The van der Waals surface area contributed by atoms with Crippen molar-refractivity contribution in [2.24, 2.45) is 5.92 Å². The molecule has 12 heteroatoms. The van der Waals surface area contributed by atoms with E-state index in [0.717, 1.165) is 11.9 Å². The van der Waals surface area contributed by atoms with Crippen molar-refractivity contribution in [3.05, 3.63) is 28.1 Å². The molecule has 0 saturated carbocycles. The summed E-state index contributed by atoms with van der Waals surface area (Å²) in [4.78, 5) is 24.5. The zero-order chi connectivity index (χ0) is 18.9. The van der Waals surface area contributed by atoms with Crippen molar-refractivity contribution in [1.82, 2.24) is 4.98 Å². The molecular weight excluding hydrogens is 345 g/mol. The number of rotatable bonds is 6. The van der Waals surface area contributed by atoms with E-state index in [1.54, 1.807) is 0 Å². The van der Waals surface area contributed by atoms with Gasteiger partial charge in [-0.3, -0.25) is 14.9 Å². The molecule has 0 aliphatic heterocycles. The summed E-state index contributed by atoms with van der Waals surface area (Å²) in [5.41, 5.74) is -3.13. The molecule has 1 N–H and O–H groups in total. The van der Waals surface area contributed by atoms with E-state index >= 15 is 0 Å². The molecule has 0 saturated heterocycles. The Morgan fingerprint density at radius 3 is 2.38 bits per heavy atom. The third kappa shape index (κ3) is 3.86. The highest BCUT2D eigenvalue weighted by Crippen LogP contribution is 2.44. The summed E-state index contributed by atoms with van der Waals surface area (Å²) >= 11 is 0. The lowest BCUT2D eigenvalue weighted by molar-refractivity contribution is -0.384. The first kappa shape index (κ1) is 19.5. The van der Waals surface area contributed by atoms with E-state index in [4.69, 9.17) is 5.11 Å². The molecule has 0 spiro atoms. The Labute approximate surface area is 131 Å². The van der Waals surface area contributed by atoms with Crippen LogP contribution in [0.15, 0.2) is 12.3 Å². The number of anilines is 1. The summed E-state index contributed by atoms with van der Waals surface area (Å²) in [6, 6.07) is 0.236. The van der Waals surface area contributed by atoms with Crippen LogP contribution in [0.3, 0.4) is 0 Å². The minimum absolute atomic E-state index is 0.236. The first-order valence-electron chi connectivity index (χ1n) is 6.32. The van der Waals surface area contributed by atoms with Gasteiger partial charge in [0.25, 0.3) is 0 Å². The molecule has 7 nitrogen and oxygen atoms in total. The van der Waals surface area contributed by atoms with Gasteiger partial charge in [0, 0.05) is 13.6 Å². The molecule has 0 aromatic carbocycles. The number of nitro groups is 1. The van der Waals surface area contributed by atoms with Crippen molar-refractivity contribution < 1.29 is 36.8 Å². The van der Waals surface area contributed by atoms with E-state index in [2.05, 4.69) is 4.98 Å². The maximum Gasteiger partial charge on any atom is 0.459 e. The number of hydrogen-bond donors (Lipinski definition) is 1. The van der Waals surface area contributed by atoms with Crippen molar-refractivity contribution in [2.75, 3.05) is 18.5 Å². The second kappa shape index (κ2) is 6.53. The number of hydrogen-bond acceptors (Lipinski definition) is 5. The highest BCUT2D eigenvalue weighted by molar-refractivity contribution is 5.71. The van der Waals surface area contributed by atoms with Crippen molar-refractivity contribution in [3.63, 3.8) is 0 Å². The lowest BCUT2D eigenvalue weighted by Crippen LogP contribution is -2.35. The molecular formula is C12H12F5N3O4. The van der Waals surface area contributed by atoms with Gasteiger partial charge in [0.05, 0.1) is 10.8 Å². The molecule has 134 valence electrons. The number of carboxylic acids is 1. The van der Waals surface area contributed by atoms with Gasteiger partial charge in [0.2, 0.25) is 0 Å². The predicted molar refractivity (Wildman–Crippen MR) is 70.9 cm³/mol. The van der Waals surface area contributed by atoms with Crippen LogP contribution >= 0.6 is 0 Å². The van der Waals surface area contributed by atoms with Crippen LogP contribution in [0.1, 0.15) is 12.6 Å². The molecule has 0 fully saturated rings. The van der Waals surface area contributed by atoms with Crippen molar-refractivity contribution in [3.8, 4) is 0 Å². The number of carbonyl (C=O) groups is 1. The maximum atomic E-state index is 13.4. The molecule has 1 aromatic rings. The van der Waals surface area contributed by atoms with Crippen molar-refractivity contribution >= 4 is 17.3 Å². The number of pyridine rings is 1. The molecule has 0 radical (unpaired) electrons. The first-order valence-corrected chi connectivity index (χ1v) is 6.32. The van der Waals surface area contributed by atoms with Gasteiger partial charge in [-0.2, -0.15) is 22.0 Å². The van der Waals surface area contributed by atoms with Crippen LogP contribution in [0.4, 0.5) is 33.3 Å². The Morgan fingerprint density at radius 1 is 1.42 bits per heavy atom. The van der Waals surface area contributed by atoms with Crippen molar-refractivity contribution in [2.45, 2.75) is 19.0 Å². The maximum absolute atomic E-state index is 13.4. The Morgan fingerprint density at radius 2 is 1.96 bits per heavy atom. The Hall–Kier alpha value is -2.53. The lowest BCUT2D eigenvalue weighted by atomic mass is 10.1. The normalized spacial score (nSPS) is 13.5. The van der Waals surface area contributed by atoms with E-state index in [1.807, 2.05) is 0 Å². The first-order chi connectivity index (χ1) is 10.8. The minimum Gasteiger partial charge on any atom is -0.481 e. The average Bonchev–Trinajstić information content (AvgIpc) is 2.44. The molecule has 1 unspecified atom stereocenters. The third-order valence-electron chi connectivity index (χ3n) is 3.12. The Balaban J connectivity index is 3.38. The second-order valence-corrected chi connectivity index (χ2v) is 5.01. The van der Waals surface area contributed by atoms with Gasteiger partial charge >= 0.3 is 23.8 Å². The van der Waals surface area contributed by atoms with Crippen LogP contribution in [0.5, 0.6) is 0 Å². The van der Waals surface area contributed by atoms with Crippen LogP contribution in [0.25, 0.3) is 0 Å². The van der Waals surface area contributed by atoms with Crippen LogP contribution in [0.2, 0.25) is 0 Å². The monoisotopic (exact) mass is 357 g/mol. The Bertz CT molecular complexity index is 650. The minimum atomic E-state index is -5.93. The van der Waals surface area contributed by atoms with Gasteiger partial charge in [0.1, 0.15) is 17.6 Å². The van der Waals surface area contributed by atoms with Gasteiger partial charge in [-0.25, -0.2) is 4.98 Å². The smallest absolute Gasteiger partial charge is 0.459 e. The lowest BCUT2D eigenvalue weighted by Gasteiger charge is -2.24. The number of halogens is 5. The average molecular weight is 357 g/mol. The highest BCUT2D eigenvalue weighted by atomic mass is 19.4. The fraction of sp³-hybridized carbons (Fsp3) is 0.500. The highest BCUT2D eigenvalue weighted by Gasteiger charge is 2.60. The van der Waals surface area contributed by atoms with E-state index < -0.39 is 46.0 Å². The van der Waals surface area contributed by atoms with Crippen molar-refractivity contribution in [1.29, 1.82) is 0 Å². The Kier molecular flexibility index (Phi) is 5.31. The van der Waals surface area contributed by atoms with Gasteiger partial charge in [-0.05, 0) is 6.07 Å². The second-order valence-electron chi connectivity index (χ2n) is 5.01. The molecule has 0 bridgehead atoms. The molecule has 0 aliphatic carbocycles. The number of aromatic nitrogens is 1. The SMILES string of the molecule is CC(CN(C)c1cc(C(F)(F)C(F)(F)F)ncc1[N+](=O)[O-])C(=O)O. The van der Waals surface area contributed by atoms with E-state index in [-0.39, 0.29) is 18.8 Å². The standard InChI is InChI=1S/C12H12F5N3O4/c1-6(10(21)22)5-19(2)7-3-9(11(13,14)12(15,16)17)18-4-8(7)20(23)24/h3-4,6H,5H2,1-2H3,(H,21,22). The van der Waals surface area contributed by atoms with E-state index in [9.17, 15) is 36.9 Å². The molecule has 1 atom stereocenters. The van der Waals surface area contributed by atoms with E-state index in [1.165, 1.54) is 6.92 Å². The van der Waals surface area contributed by atoms with Crippen LogP contribution < -0.4 is 4.90 Å². The molecule has 0 amide bonds. The third-order valence-corrected chi connectivity index (χ3v) is 3.12. The summed E-state index contributed by atoms with van der Waals surface area (Å²) < 4.78 is 64.0. The number of aliphatic carboxylic acids is 1. The molecule has 1 heterocycles. The quantitative estimate of drug-likeness (QED) is 0.478. The summed E-state index contributed by atoms with van der Waals surface area (Å²) in [5, 5.41) is 19.7. The van der Waals surface area contributed by atoms with E-state index in [0.29, 0.717) is 0 Å². The summed E-state index contributed by atoms with van der Waals surface area (Å²) in [6.45, 7) is 0.897. The fourth-order valence-corrected chi connectivity index (χ4v) is 1.79. The van der Waals surface area contributed by atoms with Crippen LogP contribution in [-0.2, 0) is 10.7 Å². The number of nitrogens with zero attached hydrogens (tertiary/aromatic N) is 3. The van der Waals surface area contributed by atoms with Gasteiger partial charge in [-0.15, -0.1) is 0 Å². The fourth-order valence-electron chi connectivity index (χ4n) is 1.79. The molecule has 1 aromatic heterocycles. The van der Waals surface area contributed by atoms with Crippen LogP contribution in [0, 0.1) is 16.0 Å². The van der Waals surface area contributed by atoms with Crippen LogP contribution in [-0.4, -0.2) is 40.8 Å². The predicted octanol–water partition coefficient (Wildman–Crippen LogP) is 2.80. The summed E-state index contributed by atoms with van der Waals surface area (Å²) in [6.07, 6.45) is -5.65. The summed E-state index contributed by atoms with van der Waals surface area (Å²) in [5.74, 6) is -7.62. The van der Waals surface area contributed by atoms with Gasteiger partial charge in [-0.1, -0.05) is 6.92 Å².